The first kappa shape index (κ1) is 14.2. The van der Waals surface area contributed by atoms with E-state index in [4.69, 9.17) is 5.11 Å². The van der Waals surface area contributed by atoms with Crippen LogP contribution < -0.4 is 0 Å². The summed E-state index contributed by atoms with van der Waals surface area (Å²) in [5, 5.41) is 8.07. The summed E-state index contributed by atoms with van der Waals surface area (Å²) in [6, 6.07) is 0. The van der Waals surface area contributed by atoms with Crippen molar-refractivity contribution < 1.29 is 19.4 Å². The van der Waals surface area contributed by atoms with Crippen LogP contribution in [0.2, 0.25) is 0 Å². The Hall–Kier alpha value is -0.320. The molecule has 0 aromatic heterocycles. The predicted molar refractivity (Wildman–Crippen MR) is 46.5 cm³/mol. The summed E-state index contributed by atoms with van der Waals surface area (Å²) >= 11 is 0. The number of ether oxygens (including phenoxy) is 1. The van der Waals surface area contributed by atoms with E-state index in [-0.39, 0.29) is 44.3 Å². The second-order valence-electron chi connectivity index (χ2n) is 1.59. The van der Waals surface area contributed by atoms with Crippen molar-refractivity contribution in [3.8, 4) is 0 Å². The van der Waals surface area contributed by atoms with Crippen LogP contribution in [0.4, 0.5) is 0 Å². The van der Waals surface area contributed by atoms with E-state index in [1.807, 2.05) is 0 Å². The third-order valence-corrected chi connectivity index (χ3v) is 0.705. The van der Waals surface area contributed by atoms with Gasteiger partial charge in [0.25, 0.3) is 0 Å². The standard InChI is InChI=1S/C7H8O4.Ca.2H/c1-2-5-11-7(10)4-3-6(8)9;;;/h2-4H,1,5H2,(H,8,9);;;. The average molecular weight is 198 g/mol. The van der Waals surface area contributed by atoms with Crippen LogP contribution in [0, 0.1) is 0 Å². The first-order valence-electron chi connectivity index (χ1n) is 2.85. The molecule has 0 heterocycles. The first-order valence-corrected chi connectivity index (χ1v) is 2.85. The summed E-state index contributed by atoms with van der Waals surface area (Å²) in [6.07, 6.45) is 2.95. The molecule has 64 valence electrons. The zero-order valence-electron chi connectivity index (χ0n) is 5.82. The van der Waals surface area contributed by atoms with Crippen LogP contribution in [0.1, 0.15) is 0 Å². The maximum absolute atomic E-state index is 10.5. The zero-order chi connectivity index (χ0) is 8.69. The molecule has 4 nitrogen and oxygen atoms in total. The molecule has 0 amide bonds. The van der Waals surface area contributed by atoms with E-state index < -0.39 is 11.9 Å². The Labute approximate surface area is 99.9 Å². The molecule has 0 radical (unpaired) electrons. The number of carbonyl (C=O) groups excluding carboxylic acids is 1. The molecule has 1 N–H and O–H groups in total. The van der Waals surface area contributed by atoms with Crippen molar-refractivity contribution >= 4 is 49.7 Å². The van der Waals surface area contributed by atoms with Gasteiger partial charge in [-0.15, -0.1) is 0 Å². The second kappa shape index (κ2) is 8.77. The molecule has 0 aliphatic rings. The molecular weight excluding hydrogens is 188 g/mol. The summed E-state index contributed by atoms with van der Waals surface area (Å²) in [5.41, 5.74) is 0. The van der Waals surface area contributed by atoms with Crippen molar-refractivity contribution in [2.75, 3.05) is 6.61 Å². The molecule has 0 bridgehead atoms. The van der Waals surface area contributed by atoms with Crippen LogP contribution in [0.5, 0.6) is 0 Å². The Morgan fingerprint density at radius 3 is 2.42 bits per heavy atom. The molecule has 0 rings (SSSR count). The Kier molecular flexibility index (Phi) is 10.4. The summed E-state index contributed by atoms with van der Waals surface area (Å²) in [7, 11) is 0. The Morgan fingerprint density at radius 2 is 2.00 bits per heavy atom. The Balaban J connectivity index is 0. The number of rotatable bonds is 4. The van der Waals surface area contributed by atoms with Gasteiger partial charge in [0.1, 0.15) is 6.61 Å². The van der Waals surface area contributed by atoms with E-state index in [0.29, 0.717) is 6.08 Å². The first-order chi connectivity index (χ1) is 5.16. The van der Waals surface area contributed by atoms with E-state index >= 15 is 0 Å². The molecule has 0 spiro atoms. The topological polar surface area (TPSA) is 63.6 Å². The number of esters is 1. The van der Waals surface area contributed by atoms with E-state index in [1.165, 1.54) is 6.08 Å². The molecule has 0 fully saturated rings. The van der Waals surface area contributed by atoms with Gasteiger partial charge >= 0.3 is 49.7 Å². The van der Waals surface area contributed by atoms with Gasteiger partial charge in [-0.3, -0.25) is 0 Å². The van der Waals surface area contributed by atoms with E-state index in [9.17, 15) is 9.59 Å². The van der Waals surface area contributed by atoms with Gasteiger partial charge < -0.3 is 9.84 Å². The monoisotopic (exact) mass is 198 g/mol. The van der Waals surface area contributed by atoms with Gasteiger partial charge in [0.2, 0.25) is 0 Å². The fourth-order valence-electron chi connectivity index (χ4n) is 0.329. The van der Waals surface area contributed by atoms with Crippen LogP contribution >= 0.6 is 0 Å². The quantitative estimate of drug-likeness (QED) is 0.285. The molecule has 0 saturated carbocycles. The molecular formula is C7H10CaO4. The minimum atomic E-state index is -1.18. The van der Waals surface area contributed by atoms with Crippen molar-refractivity contribution in [2.45, 2.75) is 0 Å². The van der Waals surface area contributed by atoms with Gasteiger partial charge in [-0.25, -0.2) is 9.59 Å². The van der Waals surface area contributed by atoms with Crippen LogP contribution in [0.15, 0.2) is 24.8 Å². The van der Waals surface area contributed by atoms with Crippen molar-refractivity contribution in [2.24, 2.45) is 0 Å². The number of hydrogen-bond donors (Lipinski definition) is 1. The SMILES string of the molecule is C=CCOC(=O)C=CC(=O)O.[CaH2]. The van der Waals surface area contributed by atoms with Crippen molar-refractivity contribution in [3.05, 3.63) is 24.8 Å². The van der Waals surface area contributed by atoms with E-state index in [0.717, 1.165) is 6.08 Å². The van der Waals surface area contributed by atoms with Crippen molar-refractivity contribution in [3.63, 3.8) is 0 Å². The Bertz CT molecular complexity index is 198. The zero-order valence-corrected chi connectivity index (χ0v) is 5.82. The summed E-state index contributed by atoms with van der Waals surface area (Å²) in [5.74, 6) is -1.87. The van der Waals surface area contributed by atoms with Gasteiger partial charge in [0.05, 0.1) is 0 Å². The van der Waals surface area contributed by atoms with Gasteiger partial charge in [-0.05, 0) is 0 Å². The number of carboxylic acid groups (broad SMARTS) is 1. The van der Waals surface area contributed by atoms with Crippen LogP contribution in [-0.4, -0.2) is 61.4 Å². The van der Waals surface area contributed by atoms with Gasteiger partial charge in [0.15, 0.2) is 0 Å². The number of carboxylic acids is 1. The fourth-order valence-corrected chi connectivity index (χ4v) is 0.329. The number of carbonyl (C=O) groups is 2. The molecule has 0 atom stereocenters. The Morgan fingerprint density at radius 1 is 1.42 bits per heavy atom. The van der Waals surface area contributed by atoms with Crippen LogP contribution in [0.25, 0.3) is 0 Å². The van der Waals surface area contributed by atoms with Gasteiger partial charge in [-0.1, -0.05) is 12.7 Å². The summed E-state index contributed by atoms with van der Waals surface area (Å²) in [4.78, 5) is 20.3. The number of hydrogen-bond acceptors (Lipinski definition) is 3. The molecule has 0 saturated heterocycles. The molecule has 0 aliphatic carbocycles. The molecule has 12 heavy (non-hydrogen) atoms. The minimum absolute atomic E-state index is 0. The molecule has 0 aromatic carbocycles. The molecule has 0 aliphatic heterocycles. The molecule has 5 heteroatoms. The van der Waals surface area contributed by atoms with Crippen LogP contribution in [0.3, 0.4) is 0 Å². The number of aliphatic carboxylic acids is 1. The van der Waals surface area contributed by atoms with Gasteiger partial charge in [0, 0.05) is 12.2 Å². The molecule has 0 aromatic rings. The average Bonchev–Trinajstić information content (AvgIpc) is 1.97. The van der Waals surface area contributed by atoms with Crippen molar-refractivity contribution in [1.29, 1.82) is 0 Å². The maximum atomic E-state index is 10.5. The fraction of sp³-hybridized carbons (Fsp3) is 0.143. The second-order valence-corrected chi connectivity index (χ2v) is 1.59. The van der Waals surface area contributed by atoms with E-state index in [1.54, 1.807) is 0 Å². The predicted octanol–water partition coefficient (Wildman–Crippen LogP) is -0.560. The summed E-state index contributed by atoms with van der Waals surface area (Å²) in [6.45, 7) is 3.40. The van der Waals surface area contributed by atoms with Gasteiger partial charge in [-0.2, -0.15) is 0 Å². The van der Waals surface area contributed by atoms with E-state index in [2.05, 4.69) is 11.3 Å². The third-order valence-electron chi connectivity index (χ3n) is 0.705. The van der Waals surface area contributed by atoms with Crippen LogP contribution in [-0.2, 0) is 14.3 Å². The normalized spacial score (nSPS) is 8.67. The summed E-state index contributed by atoms with van der Waals surface area (Å²) < 4.78 is 4.43. The van der Waals surface area contributed by atoms with Crippen molar-refractivity contribution in [1.82, 2.24) is 0 Å². The third kappa shape index (κ3) is 9.68. The molecule has 0 unspecified atom stereocenters.